The quantitative estimate of drug-likeness (QED) is 0.858. The van der Waals surface area contributed by atoms with Gasteiger partial charge in [-0.25, -0.2) is 4.79 Å². The highest BCUT2D eigenvalue weighted by molar-refractivity contribution is 6.30. The van der Waals surface area contributed by atoms with Gasteiger partial charge in [-0.3, -0.25) is 0 Å². The second-order valence-electron chi connectivity index (χ2n) is 5.36. The Labute approximate surface area is 133 Å². The number of carbonyl (C=O) groups excluding carboxylic acids is 1. The van der Waals surface area contributed by atoms with Gasteiger partial charge in [0.25, 0.3) is 0 Å². The van der Waals surface area contributed by atoms with Crippen LogP contribution in [0.25, 0.3) is 11.3 Å². The Balaban J connectivity index is 1.99. The van der Waals surface area contributed by atoms with E-state index in [2.05, 4.69) is 10.5 Å². The number of esters is 1. The lowest BCUT2D eigenvalue weighted by Gasteiger charge is -2.11. The smallest absolute Gasteiger partial charge is 0.345 e. The van der Waals surface area contributed by atoms with Crippen molar-refractivity contribution in [2.75, 3.05) is 12.4 Å². The number of hydrogen-bond donors (Lipinski definition) is 1. The van der Waals surface area contributed by atoms with E-state index in [9.17, 15) is 4.79 Å². The largest absolute Gasteiger partial charge is 0.465 e. The van der Waals surface area contributed by atoms with E-state index in [1.165, 1.54) is 20.0 Å². The molecule has 3 rings (SSSR count). The zero-order chi connectivity index (χ0) is 15.5. The SMILES string of the molecule is COC(=O)c1c(-c2cccc(Cl)c2)noc1NC1CCCC1. The summed E-state index contributed by atoms with van der Waals surface area (Å²) in [6.07, 6.45) is 4.49. The van der Waals surface area contributed by atoms with Crippen molar-refractivity contribution in [3.8, 4) is 11.3 Å². The van der Waals surface area contributed by atoms with Crippen LogP contribution in [0.3, 0.4) is 0 Å². The molecule has 116 valence electrons. The van der Waals surface area contributed by atoms with Crippen LogP contribution in [0.1, 0.15) is 36.0 Å². The van der Waals surface area contributed by atoms with Gasteiger partial charge in [-0.05, 0) is 25.0 Å². The van der Waals surface area contributed by atoms with Gasteiger partial charge >= 0.3 is 5.97 Å². The van der Waals surface area contributed by atoms with Gasteiger partial charge in [-0.15, -0.1) is 0 Å². The lowest BCUT2D eigenvalue weighted by molar-refractivity contribution is 0.0602. The first-order chi connectivity index (χ1) is 10.7. The lowest BCUT2D eigenvalue weighted by atomic mass is 10.1. The number of aromatic nitrogens is 1. The molecule has 0 spiro atoms. The van der Waals surface area contributed by atoms with Crippen LogP contribution in [-0.4, -0.2) is 24.3 Å². The average molecular weight is 321 g/mol. The second kappa shape index (κ2) is 6.40. The minimum Gasteiger partial charge on any atom is -0.465 e. The maximum Gasteiger partial charge on any atom is 0.345 e. The van der Waals surface area contributed by atoms with E-state index in [0.29, 0.717) is 28.2 Å². The Morgan fingerprint density at radius 2 is 2.18 bits per heavy atom. The third-order valence-corrected chi connectivity index (χ3v) is 4.11. The predicted molar refractivity (Wildman–Crippen MR) is 84.2 cm³/mol. The highest BCUT2D eigenvalue weighted by Crippen LogP contribution is 2.32. The molecule has 1 aromatic heterocycles. The van der Waals surface area contributed by atoms with Gasteiger partial charge in [0.2, 0.25) is 5.88 Å². The number of nitrogens with one attached hydrogen (secondary N) is 1. The summed E-state index contributed by atoms with van der Waals surface area (Å²) in [6.45, 7) is 0. The minimum absolute atomic E-state index is 0.309. The summed E-state index contributed by atoms with van der Waals surface area (Å²) in [5.41, 5.74) is 1.47. The molecule has 1 aromatic carbocycles. The predicted octanol–water partition coefficient (Wildman–Crippen LogP) is 4.14. The fraction of sp³-hybridized carbons (Fsp3) is 0.375. The molecular weight excluding hydrogens is 304 g/mol. The molecule has 0 radical (unpaired) electrons. The lowest BCUT2D eigenvalue weighted by Crippen LogP contribution is -2.16. The van der Waals surface area contributed by atoms with E-state index in [-0.39, 0.29) is 0 Å². The van der Waals surface area contributed by atoms with Crippen molar-refractivity contribution in [1.29, 1.82) is 0 Å². The van der Waals surface area contributed by atoms with Crippen LogP contribution >= 0.6 is 11.6 Å². The van der Waals surface area contributed by atoms with Crippen molar-refractivity contribution >= 4 is 23.5 Å². The van der Waals surface area contributed by atoms with Gasteiger partial charge < -0.3 is 14.6 Å². The third kappa shape index (κ3) is 2.95. The number of rotatable bonds is 4. The first kappa shape index (κ1) is 14.9. The molecule has 1 heterocycles. The van der Waals surface area contributed by atoms with Crippen LogP contribution in [0.15, 0.2) is 28.8 Å². The summed E-state index contributed by atoms with van der Waals surface area (Å²) in [5.74, 6) is -0.106. The summed E-state index contributed by atoms with van der Waals surface area (Å²) >= 11 is 6.01. The molecule has 0 atom stereocenters. The monoisotopic (exact) mass is 320 g/mol. The Morgan fingerprint density at radius 1 is 1.41 bits per heavy atom. The number of nitrogens with zero attached hydrogens (tertiary/aromatic N) is 1. The zero-order valence-corrected chi connectivity index (χ0v) is 13.0. The number of anilines is 1. The minimum atomic E-state index is -0.475. The Kier molecular flexibility index (Phi) is 4.34. The van der Waals surface area contributed by atoms with Gasteiger partial charge in [0, 0.05) is 16.6 Å². The normalized spacial score (nSPS) is 15.0. The molecule has 0 saturated heterocycles. The maximum atomic E-state index is 12.2. The molecule has 5 nitrogen and oxygen atoms in total. The van der Waals surface area contributed by atoms with Crippen molar-refractivity contribution in [2.24, 2.45) is 0 Å². The van der Waals surface area contributed by atoms with Crippen molar-refractivity contribution in [3.05, 3.63) is 34.9 Å². The standard InChI is InChI=1S/C16H17ClN2O3/c1-21-16(20)13-14(10-5-4-6-11(17)9-10)19-22-15(13)18-12-7-2-3-8-12/h4-6,9,12,18H,2-3,7-8H2,1H3. The van der Waals surface area contributed by atoms with E-state index in [0.717, 1.165) is 18.4 Å². The Hall–Kier alpha value is -2.01. The molecule has 6 heteroatoms. The molecule has 1 N–H and O–H groups in total. The second-order valence-corrected chi connectivity index (χ2v) is 5.80. The fourth-order valence-corrected chi connectivity index (χ4v) is 2.96. The van der Waals surface area contributed by atoms with Crippen LogP contribution in [0.2, 0.25) is 5.02 Å². The topological polar surface area (TPSA) is 64.4 Å². The fourth-order valence-electron chi connectivity index (χ4n) is 2.77. The maximum absolute atomic E-state index is 12.2. The molecule has 1 aliphatic rings. The van der Waals surface area contributed by atoms with Gasteiger partial charge in [-0.1, -0.05) is 41.7 Å². The molecule has 0 amide bonds. The van der Waals surface area contributed by atoms with Crippen LogP contribution in [-0.2, 0) is 4.74 Å². The third-order valence-electron chi connectivity index (χ3n) is 3.87. The Bertz CT molecular complexity index is 678. The number of benzene rings is 1. The van der Waals surface area contributed by atoms with Gasteiger partial charge in [0.15, 0.2) is 5.56 Å². The first-order valence-electron chi connectivity index (χ1n) is 7.29. The van der Waals surface area contributed by atoms with Crippen molar-refractivity contribution in [1.82, 2.24) is 5.16 Å². The van der Waals surface area contributed by atoms with Crippen LogP contribution < -0.4 is 5.32 Å². The Morgan fingerprint density at radius 3 is 2.86 bits per heavy atom. The molecule has 22 heavy (non-hydrogen) atoms. The van der Waals surface area contributed by atoms with Crippen LogP contribution in [0.5, 0.6) is 0 Å². The molecule has 0 bridgehead atoms. The van der Waals surface area contributed by atoms with E-state index in [4.69, 9.17) is 20.9 Å². The van der Waals surface area contributed by atoms with E-state index in [1.54, 1.807) is 18.2 Å². The zero-order valence-electron chi connectivity index (χ0n) is 12.3. The van der Waals surface area contributed by atoms with Gasteiger partial charge in [-0.2, -0.15) is 0 Å². The molecule has 1 aliphatic carbocycles. The van der Waals surface area contributed by atoms with E-state index < -0.39 is 5.97 Å². The molecule has 0 unspecified atom stereocenters. The number of hydrogen-bond acceptors (Lipinski definition) is 5. The van der Waals surface area contributed by atoms with Crippen molar-refractivity contribution < 1.29 is 14.1 Å². The highest BCUT2D eigenvalue weighted by atomic mass is 35.5. The summed E-state index contributed by atoms with van der Waals surface area (Å²) in [7, 11) is 1.34. The van der Waals surface area contributed by atoms with Crippen molar-refractivity contribution in [2.45, 2.75) is 31.7 Å². The summed E-state index contributed by atoms with van der Waals surface area (Å²) in [6, 6.07) is 7.45. The summed E-state index contributed by atoms with van der Waals surface area (Å²) in [4.78, 5) is 12.2. The number of ether oxygens (including phenoxy) is 1. The summed E-state index contributed by atoms with van der Waals surface area (Å²) < 4.78 is 10.3. The molecule has 1 saturated carbocycles. The van der Waals surface area contributed by atoms with E-state index in [1.807, 2.05) is 6.07 Å². The first-order valence-corrected chi connectivity index (χ1v) is 7.67. The van der Waals surface area contributed by atoms with Gasteiger partial charge in [0.05, 0.1) is 7.11 Å². The van der Waals surface area contributed by atoms with Gasteiger partial charge in [0.1, 0.15) is 5.69 Å². The number of methoxy groups -OCH3 is 1. The number of carbonyl (C=O) groups is 1. The van der Waals surface area contributed by atoms with E-state index >= 15 is 0 Å². The molecule has 2 aromatic rings. The molecule has 0 aliphatic heterocycles. The average Bonchev–Trinajstić information content (AvgIpc) is 3.16. The highest BCUT2D eigenvalue weighted by Gasteiger charge is 2.27. The molecule has 1 fully saturated rings. The molecular formula is C16H17ClN2O3. The van der Waals surface area contributed by atoms with Crippen molar-refractivity contribution in [3.63, 3.8) is 0 Å². The van der Waals surface area contributed by atoms with Crippen LogP contribution in [0.4, 0.5) is 5.88 Å². The number of halogens is 1. The van der Waals surface area contributed by atoms with Crippen LogP contribution in [0, 0.1) is 0 Å². The summed E-state index contributed by atoms with van der Waals surface area (Å²) in [5, 5.41) is 7.88.